The molecule has 188 valence electrons. The van der Waals surface area contributed by atoms with E-state index in [1.54, 1.807) is 0 Å². The highest BCUT2D eigenvalue weighted by molar-refractivity contribution is 7.10. The molecule has 1 saturated heterocycles. The Morgan fingerprint density at radius 1 is 1.24 bits per heavy atom. The number of benzene rings is 1. The van der Waals surface area contributed by atoms with Crippen molar-refractivity contribution in [3.63, 3.8) is 0 Å². The van der Waals surface area contributed by atoms with Crippen LogP contribution in [-0.4, -0.2) is 59.8 Å². The Hall–Kier alpha value is -2.39. The molecule has 3 rings (SSSR count). The molecule has 2 unspecified atom stereocenters. The summed E-state index contributed by atoms with van der Waals surface area (Å²) in [5, 5.41) is 13.5. The zero-order valence-electron chi connectivity index (χ0n) is 21.1. The van der Waals surface area contributed by atoms with Crippen molar-refractivity contribution in [3.8, 4) is 0 Å². The van der Waals surface area contributed by atoms with E-state index in [0.29, 0.717) is 25.0 Å². The minimum absolute atomic E-state index is 0.0847. The van der Waals surface area contributed by atoms with Crippen LogP contribution >= 0.6 is 11.5 Å². The first-order valence-electron chi connectivity index (χ1n) is 12.3. The standard InChI is InChI=1S/C25H39N5O3S/c1-6-18(4)16-30(15-17(2)3)22-8-7-20(19(5)13-23(31)32)14-21(22)26-25-27-24(28-34-25)29-9-11-33-12-10-29/h7-8,14,17-19H,6,9-13,15-16H2,1-5H3,(H,31,32)(H,26,27,28). The molecule has 0 radical (unpaired) electrons. The Labute approximate surface area is 207 Å². The van der Waals surface area contributed by atoms with E-state index in [-0.39, 0.29) is 12.3 Å². The highest BCUT2D eigenvalue weighted by Crippen LogP contribution is 2.35. The number of nitrogens with one attached hydrogen (secondary N) is 1. The van der Waals surface area contributed by atoms with Crippen LogP contribution in [0.2, 0.25) is 0 Å². The minimum atomic E-state index is -0.788. The fourth-order valence-corrected chi connectivity index (χ4v) is 4.71. The maximum Gasteiger partial charge on any atom is 0.303 e. The van der Waals surface area contributed by atoms with E-state index < -0.39 is 5.97 Å². The summed E-state index contributed by atoms with van der Waals surface area (Å²) in [4.78, 5) is 20.6. The lowest BCUT2D eigenvalue weighted by Crippen LogP contribution is -2.36. The summed E-state index contributed by atoms with van der Waals surface area (Å²) in [6, 6.07) is 6.28. The van der Waals surface area contributed by atoms with E-state index in [2.05, 4.69) is 65.4 Å². The Morgan fingerprint density at radius 2 is 1.97 bits per heavy atom. The number of morpholine rings is 1. The lowest BCUT2D eigenvalue weighted by molar-refractivity contribution is -0.137. The van der Waals surface area contributed by atoms with Crippen molar-refractivity contribution in [2.24, 2.45) is 11.8 Å². The molecule has 8 nitrogen and oxygen atoms in total. The van der Waals surface area contributed by atoms with Crippen molar-refractivity contribution in [1.29, 1.82) is 0 Å². The van der Waals surface area contributed by atoms with Crippen LogP contribution in [0.5, 0.6) is 0 Å². The van der Waals surface area contributed by atoms with Crippen LogP contribution in [0.3, 0.4) is 0 Å². The molecule has 2 aromatic rings. The molecule has 9 heteroatoms. The van der Waals surface area contributed by atoms with Crippen molar-refractivity contribution in [3.05, 3.63) is 23.8 Å². The fourth-order valence-electron chi connectivity index (χ4n) is 4.11. The molecular weight excluding hydrogens is 450 g/mol. The monoisotopic (exact) mass is 489 g/mol. The zero-order chi connectivity index (χ0) is 24.7. The van der Waals surface area contributed by atoms with Gasteiger partial charge in [-0.2, -0.15) is 9.36 Å². The molecule has 2 atom stereocenters. The number of ether oxygens (including phenoxy) is 1. The lowest BCUT2D eigenvalue weighted by atomic mass is 9.96. The van der Waals surface area contributed by atoms with Gasteiger partial charge in [-0.15, -0.1) is 0 Å². The van der Waals surface area contributed by atoms with E-state index in [9.17, 15) is 9.90 Å². The Balaban J connectivity index is 1.93. The molecular formula is C25H39N5O3S. The SMILES string of the molecule is CCC(C)CN(CC(C)C)c1ccc(C(C)CC(=O)O)cc1Nc1nc(N2CCOCC2)ns1. The van der Waals surface area contributed by atoms with E-state index in [0.717, 1.165) is 60.6 Å². The maximum atomic E-state index is 11.3. The number of hydrogen-bond donors (Lipinski definition) is 2. The highest BCUT2D eigenvalue weighted by Gasteiger charge is 2.20. The van der Waals surface area contributed by atoms with Gasteiger partial charge in [0, 0.05) is 37.7 Å². The third-order valence-electron chi connectivity index (χ3n) is 6.18. The number of nitrogens with zero attached hydrogens (tertiary/aromatic N) is 4. The average Bonchev–Trinajstić information content (AvgIpc) is 3.27. The predicted molar refractivity (Wildman–Crippen MR) is 140 cm³/mol. The molecule has 34 heavy (non-hydrogen) atoms. The van der Waals surface area contributed by atoms with Gasteiger partial charge < -0.3 is 25.0 Å². The molecule has 0 spiro atoms. The number of carboxylic acid groups (broad SMARTS) is 1. The summed E-state index contributed by atoms with van der Waals surface area (Å²) in [7, 11) is 0. The summed E-state index contributed by atoms with van der Waals surface area (Å²) in [6.45, 7) is 15.8. The topological polar surface area (TPSA) is 90.8 Å². The van der Waals surface area contributed by atoms with Gasteiger partial charge >= 0.3 is 5.97 Å². The van der Waals surface area contributed by atoms with Gasteiger partial charge in [-0.05, 0) is 35.4 Å². The van der Waals surface area contributed by atoms with Gasteiger partial charge in [0.1, 0.15) is 0 Å². The first-order valence-corrected chi connectivity index (χ1v) is 13.1. The molecule has 1 aliphatic rings. The second-order valence-electron chi connectivity index (χ2n) is 9.71. The third kappa shape index (κ3) is 7.30. The quantitative estimate of drug-likeness (QED) is 0.420. The van der Waals surface area contributed by atoms with E-state index in [1.165, 1.54) is 11.5 Å². The summed E-state index contributed by atoms with van der Waals surface area (Å²) in [5.74, 6) is 0.928. The summed E-state index contributed by atoms with van der Waals surface area (Å²) in [6.07, 6.45) is 1.21. The number of carbonyl (C=O) groups is 1. The first-order chi connectivity index (χ1) is 16.3. The number of aromatic nitrogens is 2. The number of rotatable bonds is 12. The van der Waals surface area contributed by atoms with E-state index >= 15 is 0 Å². The largest absolute Gasteiger partial charge is 0.481 e. The summed E-state index contributed by atoms with van der Waals surface area (Å²) < 4.78 is 10.0. The van der Waals surface area contributed by atoms with Crippen molar-refractivity contribution < 1.29 is 14.6 Å². The molecule has 1 aromatic heterocycles. The maximum absolute atomic E-state index is 11.3. The van der Waals surface area contributed by atoms with E-state index in [4.69, 9.17) is 9.72 Å². The van der Waals surface area contributed by atoms with Crippen LogP contribution < -0.4 is 15.1 Å². The summed E-state index contributed by atoms with van der Waals surface area (Å²) in [5.41, 5.74) is 3.06. The first kappa shape index (κ1) is 26.2. The van der Waals surface area contributed by atoms with Crippen molar-refractivity contribution in [1.82, 2.24) is 9.36 Å². The second-order valence-corrected chi connectivity index (χ2v) is 10.5. The van der Waals surface area contributed by atoms with Gasteiger partial charge in [0.05, 0.1) is 31.0 Å². The van der Waals surface area contributed by atoms with Crippen LogP contribution in [0.25, 0.3) is 0 Å². The molecule has 1 aliphatic heterocycles. The van der Waals surface area contributed by atoms with Gasteiger partial charge in [-0.1, -0.05) is 47.1 Å². The molecule has 0 bridgehead atoms. The number of carboxylic acids is 1. The molecule has 1 fully saturated rings. The number of aliphatic carboxylic acids is 1. The molecule has 0 aliphatic carbocycles. The molecule has 2 heterocycles. The molecule has 0 amide bonds. The summed E-state index contributed by atoms with van der Waals surface area (Å²) >= 11 is 1.35. The van der Waals surface area contributed by atoms with Crippen LogP contribution in [0.15, 0.2) is 18.2 Å². The number of anilines is 4. The Kier molecular flexibility index (Phi) is 9.53. The predicted octanol–water partition coefficient (Wildman–Crippen LogP) is 5.21. The van der Waals surface area contributed by atoms with Crippen LogP contribution in [-0.2, 0) is 9.53 Å². The molecule has 2 N–H and O–H groups in total. The van der Waals surface area contributed by atoms with Crippen molar-refractivity contribution >= 4 is 40.0 Å². The van der Waals surface area contributed by atoms with Crippen molar-refractivity contribution in [2.45, 2.75) is 53.4 Å². The lowest BCUT2D eigenvalue weighted by Gasteiger charge is -2.31. The normalized spacial score (nSPS) is 15.9. The Bertz CT molecular complexity index is 929. The van der Waals surface area contributed by atoms with Crippen molar-refractivity contribution in [2.75, 3.05) is 54.5 Å². The van der Waals surface area contributed by atoms with Crippen LogP contribution in [0.4, 0.5) is 22.5 Å². The number of hydrogen-bond acceptors (Lipinski definition) is 8. The average molecular weight is 490 g/mol. The fraction of sp³-hybridized carbons (Fsp3) is 0.640. The molecule has 0 saturated carbocycles. The van der Waals surface area contributed by atoms with Crippen LogP contribution in [0.1, 0.15) is 58.9 Å². The van der Waals surface area contributed by atoms with Crippen LogP contribution in [0, 0.1) is 11.8 Å². The smallest absolute Gasteiger partial charge is 0.303 e. The zero-order valence-corrected chi connectivity index (χ0v) is 21.9. The van der Waals surface area contributed by atoms with Gasteiger partial charge in [0.15, 0.2) is 0 Å². The highest BCUT2D eigenvalue weighted by atomic mass is 32.1. The van der Waals surface area contributed by atoms with Gasteiger partial charge in [-0.3, -0.25) is 4.79 Å². The van der Waals surface area contributed by atoms with Gasteiger partial charge in [0.2, 0.25) is 11.1 Å². The third-order valence-corrected chi connectivity index (χ3v) is 6.80. The van der Waals surface area contributed by atoms with Gasteiger partial charge in [0.25, 0.3) is 0 Å². The second kappa shape index (κ2) is 12.4. The van der Waals surface area contributed by atoms with E-state index in [1.807, 2.05) is 6.92 Å². The van der Waals surface area contributed by atoms with Gasteiger partial charge in [-0.25, -0.2) is 0 Å². The molecule has 1 aromatic carbocycles. The minimum Gasteiger partial charge on any atom is -0.481 e. The Morgan fingerprint density at radius 3 is 2.62 bits per heavy atom.